The topological polar surface area (TPSA) is 105 Å². The lowest BCUT2D eigenvalue weighted by Gasteiger charge is -2.05. The van der Waals surface area contributed by atoms with Crippen molar-refractivity contribution in [3.05, 3.63) is 53.2 Å². The van der Waals surface area contributed by atoms with Gasteiger partial charge in [-0.05, 0) is 36.3 Å². The van der Waals surface area contributed by atoms with Gasteiger partial charge in [-0.25, -0.2) is 4.79 Å². The molecule has 21 heavy (non-hydrogen) atoms. The number of nitrogens with one attached hydrogen (secondary N) is 1. The van der Waals surface area contributed by atoms with E-state index >= 15 is 0 Å². The summed E-state index contributed by atoms with van der Waals surface area (Å²) in [6, 6.07) is 5.11. The average Bonchev–Trinajstić information content (AvgIpc) is 2.95. The van der Waals surface area contributed by atoms with Crippen LogP contribution in [0.5, 0.6) is 0 Å². The number of carbonyl (C=O) groups is 2. The highest BCUT2D eigenvalue weighted by Crippen LogP contribution is 2.11. The number of amides is 1. The monoisotopic (exact) mass is 287 g/mol. The summed E-state index contributed by atoms with van der Waals surface area (Å²) < 4.78 is 4.57. The highest BCUT2D eigenvalue weighted by Gasteiger charge is 2.08. The Kier molecular flexibility index (Phi) is 4.45. The summed E-state index contributed by atoms with van der Waals surface area (Å²) in [6.45, 7) is 1.98. The Bertz CT molecular complexity index is 678. The molecule has 0 aliphatic rings. The van der Waals surface area contributed by atoms with Gasteiger partial charge in [0.25, 0.3) is 5.91 Å². The zero-order chi connectivity index (χ0) is 15.2. The first-order valence-electron chi connectivity index (χ1n) is 6.11. The van der Waals surface area contributed by atoms with E-state index in [1.807, 2.05) is 6.92 Å². The van der Waals surface area contributed by atoms with Gasteiger partial charge in [-0.15, -0.1) is 0 Å². The molecule has 0 aliphatic heterocycles. The van der Waals surface area contributed by atoms with Crippen molar-refractivity contribution < 1.29 is 19.2 Å². The molecule has 0 atom stereocenters. The third kappa shape index (κ3) is 4.27. The van der Waals surface area contributed by atoms with Crippen molar-refractivity contribution in [2.45, 2.75) is 13.5 Å². The molecule has 2 rings (SSSR count). The van der Waals surface area contributed by atoms with Crippen molar-refractivity contribution in [2.75, 3.05) is 0 Å². The van der Waals surface area contributed by atoms with Crippen LogP contribution in [0, 0.1) is 6.92 Å². The Hall–Kier alpha value is -2.96. The Morgan fingerprint density at radius 2 is 2.19 bits per heavy atom. The highest BCUT2D eigenvalue weighted by atomic mass is 16.5. The lowest BCUT2D eigenvalue weighted by molar-refractivity contribution is -0.131. The third-order valence-corrected chi connectivity index (χ3v) is 2.59. The number of carbonyl (C=O) groups excluding carboxylic acids is 1. The minimum atomic E-state index is -1.04. The van der Waals surface area contributed by atoms with Gasteiger partial charge in [-0.3, -0.25) is 4.79 Å². The summed E-state index contributed by atoms with van der Waals surface area (Å²) in [7, 11) is 0. The van der Waals surface area contributed by atoms with E-state index in [-0.39, 0.29) is 12.5 Å². The van der Waals surface area contributed by atoms with Crippen LogP contribution in [-0.2, 0) is 11.3 Å². The van der Waals surface area contributed by atoms with Gasteiger partial charge in [0.05, 0.1) is 6.54 Å². The quantitative estimate of drug-likeness (QED) is 0.805. The van der Waals surface area contributed by atoms with E-state index in [2.05, 4.69) is 20.0 Å². The number of benzene rings is 1. The molecule has 7 heteroatoms. The molecule has 0 bridgehead atoms. The first-order chi connectivity index (χ1) is 10.0. The number of hydrogen-bond donors (Lipinski definition) is 2. The predicted octanol–water partition coefficient (Wildman–Crippen LogP) is 1.41. The number of carboxylic acid groups (broad SMARTS) is 1. The molecule has 1 heterocycles. The number of nitrogens with zero attached hydrogens (tertiary/aromatic N) is 2. The van der Waals surface area contributed by atoms with Gasteiger partial charge in [-0.1, -0.05) is 11.2 Å². The molecule has 1 aromatic carbocycles. The van der Waals surface area contributed by atoms with Gasteiger partial charge in [0.15, 0.2) is 5.82 Å². The fourth-order valence-corrected chi connectivity index (χ4v) is 1.74. The van der Waals surface area contributed by atoms with Gasteiger partial charge in [0.1, 0.15) is 0 Å². The van der Waals surface area contributed by atoms with E-state index in [1.165, 1.54) is 12.5 Å². The molecule has 0 radical (unpaired) electrons. The van der Waals surface area contributed by atoms with Crippen LogP contribution >= 0.6 is 0 Å². The lowest BCUT2D eigenvalue weighted by Crippen LogP contribution is -2.23. The zero-order valence-electron chi connectivity index (χ0n) is 11.2. The second-order valence-corrected chi connectivity index (χ2v) is 4.33. The van der Waals surface area contributed by atoms with E-state index in [4.69, 9.17) is 5.11 Å². The summed E-state index contributed by atoms with van der Waals surface area (Å²) in [5.74, 6) is -0.963. The van der Waals surface area contributed by atoms with Crippen molar-refractivity contribution in [1.82, 2.24) is 15.5 Å². The Morgan fingerprint density at radius 3 is 2.86 bits per heavy atom. The molecule has 1 aromatic heterocycles. The van der Waals surface area contributed by atoms with Crippen LogP contribution in [0.25, 0.3) is 6.08 Å². The molecular weight excluding hydrogens is 274 g/mol. The summed E-state index contributed by atoms with van der Waals surface area (Å²) in [5, 5.41) is 14.9. The molecule has 0 saturated carbocycles. The maximum atomic E-state index is 12.0. The molecule has 108 valence electrons. The first-order valence-corrected chi connectivity index (χ1v) is 6.11. The van der Waals surface area contributed by atoms with E-state index in [1.54, 1.807) is 18.2 Å². The lowest BCUT2D eigenvalue weighted by atomic mass is 10.1. The smallest absolute Gasteiger partial charge is 0.328 e. The fraction of sp³-hybridized carbons (Fsp3) is 0.143. The second-order valence-electron chi connectivity index (χ2n) is 4.33. The molecule has 0 saturated heterocycles. The SMILES string of the molecule is Cc1cc(/C=C/C(=O)O)cc(C(=O)NCc2ncon2)c1. The fourth-order valence-electron chi connectivity index (χ4n) is 1.74. The standard InChI is InChI=1S/C14H13N3O4/c1-9-4-10(2-3-13(18)19)6-11(5-9)14(20)15-7-12-16-8-21-17-12/h2-6,8H,7H2,1H3,(H,15,20)(H,18,19)/b3-2+. The van der Waals surface area contributed by atoms with Gasteiger partial charge < -0.3 is 14.9 Å². The zero-order valence-corrected chi connectivity index (χ0v) is 11.2. The van der Waals surface area contributed by atoms with E-state index in [0.717, 1.165) is 11.6 Å². The van der Waals surface area contributed by atoms with Crippen molar-refractivity contribution in [3.63, 3.8) is 0 Å². The Labute approximate surface area is 120 Å². The summed E-state index contributed by atoms with van der Waals surface area (Å²) >= 11 is 0. The molecule has 0 fully saturated rings. The molecule has 2 N–H and O–H groups in total. The normalized spacial score (nSPS) is 10.7. The van der Waals surface area contributed by atoms with Crippen LogP contribution in [0.15, 0.2) is 35.2 Å². The number of aromatic nitrogens is 2. The number of aryl methyl sites for hydroxylation is 1. The third-order valence-electron chi connectivity index (χ3n) is 2.59. The summed E-state index contributed by atoms with van der Waals surface area (Å²) in [5.41, 5.74) is 1.93. The van der Waals surface area contributed by atoms with Crippen molar-refractivity contribution >= 4 is 18.0 Å². The van der Waals surface area contributed by atoms with E-state index in [9.17, 15) is 9.59 Å². The van der Waals surface area contributed by atoms with Crippen molar-refractivity contribution in [1.29, 1.82) is 0 Å². The molecule has 1 amide bonds. The van der Waals surface area contributed by atoms with Crippen LogP contribution in [0.4, 0.5) is 0 Å². The minimum absolute atomic E-state index is 0.156. The van der Waals surface area contributed by atoms with E-state index in [0.29, 0.717) is 17.0 Å². The largest absolute Gasteiger partial charge is 0.478 e. The van der Waals surface area contributed by atoms with E-state index < -0.39 is 5.97 Å². The molecular formula is C14H13N3O4. The molecule has 7 nitrogen and oxygen atoms in total. The molecule has 0 spiro atoms. The average molecular weight is 287 g/mol. The highest BCUT2D eigenvalue weighted by molar-refractivity contribution is 5.95. The molecule has 0 aliphatic carbocycles. The number of rotatable bonds is 5. The van der Waals surface area contributed by atoms with Gasteiger partial charge in [0.2, 0.25) is 6.39 Å². The number of hydrogen-bond acceptors (Lipinski definition) is 5. The van der Waals surface area contributed by atoms with Gasteiger partial charge in [-0.2, -0.15) is 4.98 Å². The molecule has 0 unspecified atom stereocenters. The van der Waals surface area contributed by atoms with Crippen LogP contribution in [0.2, 0.25) is 0 Å². The number of aliphatic carboxylic acids is 1. The number of carboxylic acids is 1. The van der Waals surface area contributed by atoms with Crippen LogP contribution in [-0.4, -0.2) is 27.1 Å². The summed E-state index contributed by atoms with van der Waals surface area (Å²) in [6.07, 6.45) is 3.64. The minimum Gasteiger partial charge on any atom is -0.478 e. The maximum absolute atomic E-state index is 12.0. The second kappa shape index (κ2) is 6.47. The van der Waals surface area contributed by atoms with Crippen molar-refractivity contribution in [2.24, 2.45) is 0 Å². The van der Waals surface area contributed by atoms with Gasteiger partial charge in [0, 0.05) is 11.6 Å². The van der Waals surface area contributed by atoms with Crippen molar-refractivity contribution in [3.8, 4) is 0 Å². The predicted molar refractivity (Wildman–Crippen MR) is 73.3 cm³/mol. The van der Waals surface area contributed by atoms with Crippen LogP contribution in [0.1, 0.15) is 27.3 Å². The summed E-state index contributed by atoms with van der Waals surface area (Å²) in [4.78, 5) is 26.4. The Balaban J connectivity index is 2.11. The van der Waals surface area contributed by atoms with Crippen LogP contribution in [0.3, 0.4) is 0 Å². The maximum Gasteiger partial charge on any atom is 0.328 e. The van der Waals surface area contributed by atoms with Gasteiger partial charge >= 0.3 is 5.97 Å². The Morgan fingerprint density at radius 1 is 1.38 bits per heavy atom. The molecule has 2 aromatic rings. The van der Waals surface area contributed by atoms with Crippen LogP contribution < -0.4 is 5.32 Å². The first kappa shape index (κ1) is 14.4.